The molecule has 1 radical (unpaired) electrons. The number of aromatic hydroxyl groups is 2. The van der Waals surface area contributed by atoms with Crippen molar-refractivity contribution in [2.24, 2.45) is 9.98 Å². The first-order chi connectivity index (χ1) is 15.0. The first kappa shape index (κ1) is 30.6. The number of halogens is 1. The van der Waals surface area contributed by atoms with E-state index in [2.05, 4.69) is 41.5 Å². The molecule has 0 heterocycles. The van der Waals surface area contributed by atoms with Gasteiger partial charge in [-0.05, 0) is 46.9 Å². The molecule has 2 aromatic rings. The summed E-state index contributed by atoms with van der Waals surface area (Å²) in [4.78, 5) is 9.70. The van der Waals surface area contributed by atoms with Crippen LogP contribution in [0.25, 0.3) is 0 Å². The van der Waals surface area contributed by atoms with Gasteiger partial charge in [0.2, 0.25) is 0 Å². The van der Waals surface area contributed by atoms with Gasteiger partial charge in [-0.15, -0.1) is 0 Å². The van der Waals surface area contributed by atoms with Crippen molar-refractivity contribution in [2.75, 3.05) is 0 Å². The first-order valence-electron chi connectivity index (χ1n) is 11.7. The summed E-state index contributed by atoms with van der Waals surface area (Å²) in [7, 11) is 0. The van der Waals surface area contributed by atoms with E-state index >= 15 is 0 Å². The number of nitrogens with zero attached hydrogens (tertiary/aromatic N) is 2. The van der Waals surface area contributed by atoms with Gasteiger partial charge in [-0.2, -0.15) is 0 Å². The van der Waals surface area contributed by atoms with Gasteiger partial charge in [0.25, 0.3) is 0 Å². The molecule has 0 bridgehead atoms. The van der Waals surface area contributed by atoms with Crippen LogP contribution in [0, 0.1) is 0 Å². The Labute approximate surface area is 232 Å². The Kier molecular flexibility index (Phi) is 11.3. The zero-order valence-corrected chi connectivity index (χ0v) is 24.3. The maximum Gasteiger partial charge on any atom is 0.128 e. The molecule has 2 atom stereocenters. The molecule has 0 amide bonds. The van der Waals surface area contributed by atoms with Crippen LogP contribution < -0.4 is 24.0 Å². The standard InChI is InChI=1S/C28H38N2O2.Co.HI/c1-27(2,3)21-13-9-11-19(25(21)31)17-29-23-15-7-8-16-24(23)30-18-20-12-10-14-22(26(20)32)28(4,5)6;;/h9-14,17-18,23-24,31-32H,7-8,15-16H2,1-6H3;;1H/p-1/t23-,24-;;/m1../s1. The second kappa shape index (κ2) is 12.5. The smallest absolute Gasteiger partial charge is 0.128 e. The van der Waals surface area contributed by atoms with Crippen LogP contribution in [0.3, 0.4) is 0 Å². The predicted molar refractivity (Wildman–Crippen MR) is 135 cm³/mol. The second-order valence-electron chi connectivity index (χ2n) is 11.0. The third-order valence-corrected chi connectivity index (χ3v) is 6.25. The molecule has 1 aliphatic rings. The van der Waals surface area contributed by atoms with E-state index in [1.54, 1.807) is 12.4 Å². The largest absolute Gasteiger partial charge is 1.00 e. The van der Waals surface area contributed by atoms with Gasteiger partial charge in [0, 0.05) is 40.3 Å². The van der Waals surface area contributed by atoms with E-state index < -0.39 is 0 Å². The Morgan fingerprint density at radius 3 is 1.38 bits per heavy atom. The molecule has 1 aliphatic carbocycles. The monoisotopic (exact) mass is 620 g/mol. The van der Waals surface area contributed by atoms with Gasteiger partial charge >= 0.3 is 0 Å². The van der Waals surface area contributed by atoms with Gasteiger partial charge in [0.05, 0.1) is 12.1 Å². The average molecular weight is 620 g/mol. The predicted octanol–water partition coefficient (Wildman–Crippen LogP) is 3.54. The molecule has 0 aliphatic heterocycles. The summed E-state index contributed by atoms with van der Waals surface area (Å²) in [6.45, 7) is 12.6. The van der Waals surface area contributed by atoms with Crippen LogP contribution in [-0.4, -0.2) is 34.7 Å². The molecular formula is C28H38CoIN2O2-. The molecular weight excluding hydrogens is 582 g/mol. The Morgan fingerprint density at radius 1 is 0.706 bits per heavy atom. The van der Waals surface area contributed by atoms with Crippen LogP contribution >= 0.6 is 0 Å². The number of phenolic OH excluding ortho intramolecular Hbond substituents is 2. The fourth-order valence-corrected chi connectivity index (χ4v) is 4.33. The molecule has 3 rings (SSSR count). The number of benzene rings is 2. The number of phenols is 2. The van der Waals surface area contributed by atoms with Crippen molar-refractivity contribution in [2.45, 2.75) is 90.1 Å². The number of para-hydroxylation sites is 2. The SMILES string of the molecule is CC(C)(C)c1cccc(C=N[C@@H]2CCCC[C@H]2N=Cc2cccc(C(C)(C)C)c2O)c1O.[Co].[I-]. The summed E-state index contributed by atoms with van der Waals surface area (Å²) < 4.78 is 0. The van der Waals surface area contributed by atoms with Gasteiger partial charge in [0.15, 0.2) is 0 Å². The molecule has 0 aromatic heterocycles. The Bertz CT molecular complexity index is 925. The van der Waals surface area contributed by atoms with Crippen LogP contribution in [0.2, 0.25) is 0 Å². The van der Waals surface area contributed by atoms with Crippen LogP contribution in [-0.2, 0) is 27.6 Å². The summed E-state index contributed by atoms with van der Waals surface area (Å²) in [6.07, 6.45) is 7.83. The molecule has 1 fully saturated rings. The Morgan fingerprint density at radius 2 is 1.06 bits per heavy atom. The van der Waals surface area contributed by atoms with Gasteiger partial charge < -0.3 is 34.2 Å². The molecule has 4 nitrogen and oxygen atoms in total. The van der Waals surface area contributed by atoms with Crippen LogP contribution in [0.5, 0.6) is 11.5 Å². The summed E-state index contributed by atoms with van der Waals surface area (Å²) in [5.41, 5.74) is 3.09. The first-order valence-corrected chi connectivity index (χ1v) is 11.7. The molecule has 1 saturated carbocycles. The normalized spacial score (nSPS) is 19.1. The Balaban J connectivity index is 0.00000289. The number of rotatable bonds is 4. The number of hydrogen-bond acceptors (Lipinski definition) is 4. The minimum atomic E-state index is -0.130. The van der Waals surface area contributed by atoms with Crippen molar-refractivity contribution in [1.29, 1.82) is 0 Å². The number of hydrogen-bond donors (Lipinski definition) is 2. The van der Waals surface area contributed by atoms with E-state index in [4.69, 9.17) is 9.98 Å². The second-order valence-corrected chi connectivity index (χ2v) is 11.0. The van der Waals surface area contributed by atoms with E-state index in [-0.39, 0.29) is 63.7 Å². The quantitative estimate of drug-likeness (QED) is 0.406. The van der Waals surface area contributed by atoms with Crippen molar-refractivity contribution < 1.29 is 51.0 Å². The van der Waals surface area contributed by atoms with Crippen molar-refractivity contribution in [3.8, 4) is 11.5 Å². The molecule has 0 unspecified atom stereocenters. The third kappa shape index (κ3) is 7.56. The molecule has 0 saturated heterocycles. The van der Waals surface area contributed by atoms with Crippen LogP contribution in [0.15, 0.2) is 46.4 Å². The molecule has 2 aromatic carbocycles. The fourth-order valence-electron chi connectivity index (χ4n) is 4.33. The van der Waals surface area contributed by atoms with Gasteiger partial charge in [-0.1, -0.05) is 78.6 Å². The fraction of sp³-hybridized carbons (Fsp3) is 0.500. The topological polar surface area (TPSA) is 65.2 Å². The molecule has 2 N–H and O–H groups in total. The zero-order valence-electron chi connectivity index (χ0n) is 21.1. The number of aliphatic imine (C=N–C) groups is 2. The van der Waals surface area contributed by atoms with Gasteiger partial charge in [-0.25, -0.2) is 0 Å². The Hall–Kier alpha value is -1.38. The van der Waals surface area contributed by atoms with Crippen LogP contribution in [0.4, 0.5) is 0 Å². The maximum absolute atomic E-state index is 10.7. The van der Waals surface area contributed by atoms with Crippen LogP contribution in [0.1, 0.15) is 89.5 Å². The third-order valence-electron chi connectivity index (χ3n) is 6.25. The maximum atomic E-state index is 10.7. The van der Waals surface area contributed by atoms with Gasteiger partial charge in [-0.3, -0.25) is 9.98 Å². The van der Waals surface area contributed by atoms with Crippen molar-refractivity contribution >= 4 is 12.4 Å². The van der Waals surface area contributed by atoms with E-state index in [0.29, 0.717) is 11.5 Å². The van der Waals surface area contributed by atoms with E-state index in [1.165, 1.54) is 0 Å². The van der Waals surface area contributed by atoms with Gasteiger partial charge in [0.1, 0.15) is 11.5 Å². The van der Waals surface area contributed by atoms with E-state index in [0.717, 1.165) is 47.9 Å². The molecule has 6 heteroatoms. The average Bonchev–Trinajstić information content (AvgIpc) is 2.71. The van der Waals surface area contributed by atoms with Crippen molar-refractivity contribution in [3.63, 3.8) is 0 Å². The molecule has 189 valence electrons. The molecule has 0 spiro atoms. The minimum Gasteiger partial charge on any atom is -1.00 e. The van der Waals surface area contributed by atoms with E-state index in [1.807, 2.05) is 36.4 Å². The van der Waals surface area contributed by atoms with E-state index in [9.17, 15) is 10.2 Å². The van der Waals surface area contributed by atoms with Crippen molar-refractivity contribution in [1.82, 2.24) is 0 Å². The summed E-state index contributed by atoms with van der Waals surface area (Å²) in [6, 6.07) is 11.9. The summed E-state index contributed by atoms with van der Waals surface area (Å²) >= 11 is 0. The molecule has 34 heavy (non-hydrogen) atoms. The van der Waals surface area contributed by atoms with Crippen molar-refractivity contribution in [3.05, 3.63) is 58.7 Å². The minimum absolute atomic E-state index is 0. The summed E-state index contributed by atoms with van der Waals surface area (Å²) in [5.74, 6) is 0.618. The summed E-state index contributed by atoms with van der Waals surface area (Å²) in [5, 5.41) is 21.5. The zero-order chi connectivity index (χ0) is 23.5.